The van der Waals surface area contributed by atoms with E-state index in [0.29, 0.717) is 10.0 Å². The third-order valence-corrected chi connectivity index (χ3v) is 8.94. The van der Waals surface area contributed by atoms with E-state index in [0.717, 1.165) is 109 Å². The van der Waals surface area contributed by atoms with Crippen LogP contribution in [0.1, 0.15) is 38.5 Å². The third kappa shape index (κ3) is 6.42. The molecule has 2 saturated heterocycles. The molecule has 2 aromatic heterocycles. The lowest BCUT2D eigenvalue weighted by Gasteiger charge is -2.27. The van der Waals surface area contributed by atoms with Gasteiger partial charge in [0.25, 0.3) is 0 Å². The zero-order valence-corrected chi connectivity index (χ0v) is 26.1. The van der Waals surface area contributed by atoms with Crippen molar-refractivity contribution in [2.45, 2.75) is 38.5 Å². The molecule has 7 rings (SSSR count). The summed E-state index contributed by atoms with van der Waals surface area (Å²) in [4.78, 5) is 24.9. The number of nitrogens with zero attached hydrogens (tertiary/aromatic N) is 6. The Kier molecular flexibility index (Phi) is 8.45. The number of hydrogen-bond acceptors (Lipinski definition) is 6. The molecule has 222 valence electrons. The molecule has 44 heavy (non-hydrogen) atoms. The number of benzene rings is 3. The molecule has 3 aromatic carbocycles. The molecule has 0 amide bonds. The molecule has 0 atom stereocenters. The summed E-state index contributed by atoms with van der Waals surface area (Å²) in [5.41, 5.74) is 7.61. The molecular weight excluding hydrogens is 587 g/mol. The first-order valence-electron chi connectivity index (χ1n) is 15.5. The van der Waals surface area contributed by atoms with Crippen molar-refractivity contribution < 1.29 is 0 Å². The highest BCUT2D eigenvalue weighted by atomic mass is 35.5. The Morgan fingerprint density at radius 1 is 0.409 bits per heavy atom. The Balaban J connectivity index is 1.31. The topological polar surface area (TPSA) is 58.0 Å². The molecule has 0 unspecified atom stereocenters. The zero-order chi connectivity index (χ0) is 29.9. The van der Waals surface area contributed by atoms with E-state index < -0.39 is 0 Å². The predicted molar refractivity (Wildman–Crippen MR) is 182 cm³/mol. The molecule has 2 fully saturated rings. The predicted octanol–water partition coefficient (Wildman–Crippen LogP) is 9.22. The van der Waals surface area contributed by atoms with Crippen LogP contribution < -0.4 is 9.80 Å². The summed E-state index contributed by atoms with van der Waals surface area (Å²) in [6.07, 6.45) is 7.12. The average molecular weight is 622 g/mol. The molecule has 5 aromatic rings. The van der Waals surface area contributed by atoms with Crippen molar-refractivity contribution >= 4 is 35.1 Å². The Morgan fingerprint density at radius 3 is 1.16 bits per heavy atom. The van der Waals surface area contributed by atoms with E-state index in [4.69, 9.17) is 43.1 Å². The highest BCUT2D eigenvalue weighted by Gasteiger charge is 2.19. The van der Waals surface area contributed by atoms with Gasteiger partial charge in [-0.05, 0) is 81.0 Å². The number of halogens is 2. The quantitative estimate of drug-likeness (QED) is 0.188. The number of aromatic nitrogens is 4. The minimum Gasteiger partial charge on any atom is -0.341 e. The van der Waals surface area contributed by atoms with E-state index in [1.807, 2.05) is 48.5 Å². The molecule has 0 aliphatic carbocycles. The largest absolute Gasteiger partial charge is 0.341 e. The van der Waals surface area contributed by atoms with Crippen LogP contribution in [-0.4, -0.2) is 46.1 Å². The van der Waals surface area contributed by atoms with E-state index in [1.54, 1.807) is 0 Å². The van der Waals surface area contributed by atoms with Crippen molar-refractivity contribution in [1.82, 2.24) is 19.9 Å². The van der Waals surface area contributed by atoms with Crippen molar-refractivity contribution in [1.29, 1.82) is 0 Å². The maximum atomic E-state index is 6.21. The van der Waals surface area contributed by atoms with Crippen molar-refractivity contribution in [3.8, 4) is 45.0 Å². The first-order valence-corrected chi connectivity index (χ1v) is 16.3. The molecule has 0 saturated carbocycles. The minimum absolute atomic E-state index is 0.707. The molecule has 6 nitrogen and oxygen atoms in total. The fourth-order valence-corrected chi connectivity index (χ4v) is 6.26. The van der Waals surface area contributed by atoms with E-state index in [1.165, 1.54) is 12.8 Å². The van der Waals surface area contributed by atoms with Crippen LogP contribution >= 0.6 is 23.2 Å². The van der Waals surface area contributed by atoms with Crippen LogP contribution in [0.25, 0.3) is 45.0 Å². The molecule has 2 aliphatic rings. The Hall–Kier alpha value is -4.00. The second-order valence-corrected chi connectivity index (χ2v) is 12.4. The van der Waals surface area contributed by atoms with Gasteiger partial charge in [0.15, 0.2) is 0 Å². The fourth-order valence-electron chi connectivity index (χ4n) is 6.01. The minimum atomic E-state index is 0.707. The van der Waals surface area contributed by atoms with E-state index in [9.17, 15) is 0 Å². The number of hydrogen-bond donors (Lipinski definition) is 0. The van der Waals surface area contributed by atoms with Gasteiger partial charge in [-0.2, -0.15) is 0 Å². The summed E-state index contributed by atoms with van der Waals surface area (Å²) >= 11 is 12.4. The van der Waals surface area contributed by atoms with Crippen LogP contribution in [0.5, 0.6) is 0 Å². The van der Waals surface area contributed by atoms with Gasteiger partial charge in [-0.1, -0.05) is 65.7 Å². The van der Waals surface area contributed by atoms with Crippen LogP contribution in [0, 0.1) is 0 Å². The molecule has 0 spiro atoms. The fraction of sp³-hybridized carbons (Fsp3) is 0.278. The van der Waals surface area contributed by atoms with Crippen molar-refractivity contribution in [3.63, 3.8) is 0 Å². The lowest BCUT2D eigenvalue weighted by atomic mass is 10.0. The van der Waals surface area contributed by atoms with Gasteiger partial charge in [0.2, 0.25) is 11.9 Å². The average Bonchev–Trinajstić information content (AvgIpc) is 3.09. The van der Waals surface area contributed by atoms with Crippen LogP contribution in [-0.2, 0) is 0 Å². The SMILES string of the molecule is Clc1ccc(-c2cc(-c3cccc(-c4cc(-c5ccc(Cl)cc5)nc(N5CCCCC5)n4)c3)nc(N3CCCCC3)n2)cc1. The summed E-state index contributed by atoms with van der Waals surface area (Å²) in [5.74, 6) is 1.55. The Bertz CT molecular complexity index is 1620. The normalized spacial score (nSPS) is 15.4. The summed E-state index contributed by atoms with van der Waals surface area (Å²) in [6.45, 7) is 3.88. The van der Waals surface area contributed by atoms with Crippen LogP contribution in [0.4, 0.5) is 11.9 Å². The molecule has 0 radical (unpaired) electrons. The Labute approximate surface area is 268 Å². The zero-order valence-electron chi connectivity index (χ0n) is 24.6. The van der Waals surface area contributed by atoms with E-state index >= 15 is 0 Å². The van der Waals surface area contributed by atoms with Gasteiger partial charge in [0.05, 0.1) is 22.8 Å². The summed E-state index contributed by atoms with van der Waals surface area (Å²) in [5, 5.41) is 1.41. The smallest absolute Gasteiger partial charge is 0.226 e. The van der Waals surface area contributed by atoms with Gasteiger partial charge in [-0.3, -0.25) is 0 Å². The second kappa shape index (κ2) is 12.9. The summed E-state index contributed by atoms with van der Waals surface area (Å²) in [7, 11) is 0. The first-order chi connectivity index (χ1) is 21.6. The number of piperidine rings is 2. The first kappa shape index (κ1) is 28.8. The summed E-state index contributed by atoms with van der Waals surface area (Å²) in [6, 6.07) is 28.4. The molecule has 8 heteroatoms. The van der Waals surface area contributed by atoms with E-state index in [-0.39, 0.29) is 0 Å². The maximum absolute atomic E-state index is 6.21. The van der Waals surface area contributed by atoms with Gasteiger partial charge in [-0.15, -0.1) is 0 Å². The molecule has 0 bridgehead atoms. The molecule has 4 heterocycles. The summed E-state index contributed by atoms with van der Waals surface area (Å²) < 4.78 is 0. The van der Waals surface area contributed by atoms with Crippen LogP contribution in [0.3, 0.4) is 0 Å². The second-order valence-electron chi connectivity index (χ2n) is 11.6. The van der Waals surface area contributed by atoms with Gasteiger partial charge in [0.1, 0.15) is 0 Å². The third-order valence-electron chi connectivity index (χ3n) is 8.44. The lowest BCUT2D eigenvalue weighted by molar-refractivity contribution is 0.568. The highest BCUT2D eigenvalue weighted by molar-refractivity contribution is 6.30. The standard InChI is InChI=1S/C36H34Cl2N6/c37-29-14-10-25(11-15-29)31-23-33(41-35(39-31)43-18-3-1-4-19-43)27-8-7-9-28(22-27)34-24-32(26-12-16-30(38)17-13-26)40-36(42-34)44-20-5-2-6-21-44/h7-17,22-24H,1-6,18-21H2. The van der Waals surface area contributed by atoms with Gasteiger partial charge >= 0.3 is 0 Å². The van der Waals surface area contributed by atoms with Crippen molar-refractivity contribution in [2.24, 2.45) is 0 Å². The van der Waals surface area contributed by atoms with Crippen molar-refractivity contribution in [3.05, 3.63) is 95.0 Å². The Morgan fingerprint density at radius 2 is 0.773 bits per heavy atom. The lowest BCUT2D eigenvalue weighted by Crippen LogP contribution is -2.31. The highest BCUT2D eigenvalue weighted by Crippen LogP contribution is 2.33. The van der Waals surface area contributed by atoms with Crippen LogP contribution in [0.15, 0.2) is 84.9 Å². The number of anilines is 2. The van der Waals surface area contributed by atoms with Crippen molar-refractivity contribution in [2.75, 3.05) is 36.0 Å². The van der Waals surface area contributed by atoms with Gasteiger partial charge in [0, 0.05) is 58.5 Å². The van der Waals surface area contributed by atoms with E-state index in [2.05, 4.69) is 46.2 Å². The van der Waals surface area contributed by atoms with Crippen LogP contribution in [0.2, 0.25) is 10.0 Å². The molecule has 2 aliphatic heterocycles. The van der Waals surface area contributed by atoms with Gasteiger partial charge in [-0.25, -0.2) is 19.9 Å². The molecular formula is C36H34Cl2N6. The van der Waals surface area contributed by atoms with Gasteiger partial charge < -0.3 is 9.80 Å². The monoisotopic (exact) mass is 620 g/mol. The maximum Gasteiger partial charge on any atom is 0.226 e. The number of rotatable bonds is 6. The molecule has 0 N–H and O–H groups in total.